The number of ether oxygens (including phenoxy) is 1. The van der Waals surface area contributed by atoms with Crippen molar-refractivity contribution in [2.75, 3.05) is 7.11 Å². The zero-order valence-corrected chi connectivity index (χ0v) is 10.4. The molecule has 0 bridgehead atoms. The Hall–Kier alpha value is -1.88. The van der Waals surface area contributed by atoms with Gasteiger partial charge in [-0.05, 0) is 12.0 Å². The molecular weight excluding hydrogens is 234 g/mol. The molecule has 2 atom stereocenters. The first-order valence-electron chi connectivity index (χ1n) is 5.61. The van der Waals surface area contributed by atoms with E-state index >= 15 is 0 Å². The maximum absolute atomic E-state index is 11.3. The number of carbonyl (C=O) groups excluding carboxylic acids is 2. The molecular formula is C13H17NO4. The van der Waals surface area contributed by atoms with Crippen LogP contribution in [0.2, 0.25) is 0 Å². The lowest BCUT2D eigenvalue weighted by Crippen LogP contribution is -2.48. The van der Waals surface area contributed by atoms with Crippen LogP contribution in [-0.2, 0) is 20.7 Å². The maximum atomic E-state index is 11.3. The van der Waals surface area contributed by atoms with Crippen molar-refractivity contribution in [3.05, 3.63) is 35.9 Å². The third kappa shape index (κ3) is 4.18. The van der Waals surface area contributed by atoms with Crippen molar-refractivity contribution in [2.24, 2.45) is 0 Å². The van der Waals surface area contributed by atoms with Crippen LogP contribution in [0.25, 0.3) is 0 Å². The number of carbonyl (C=O) groups is 2. The SMILES string of the molecule is COC(=O)C(O)C(Cc1ccccc1)NC(C)=O. The van der Waals surface area contributed by atoms with Gasteiger partial charge in [0.2, 0.25) is 5.91 Å². The largest absolute Gasteiger partial charge is 0.467 e. The summed E-state index contributed by atoms with van der Waals surface area (Å²) in [6, 6.07) is 8.60. The second-order valence-electron chi connectivity index (χ2n) is 3.96. The molecule has 0 aliphatic carbocycles. The summed E-state index contributed by atoms with van der Waals surface area (Å²) < 4.78 is 4.47. The molecule has 1 amide bonds. The van der Waals surface area contributed by atoms with Gasteiger partial charge in [0.1, 0.15) is 0 Å². The van der Waals surface area contributed by atoms with Crippen molar-refractivity contribution in [3.63, 3.8) is 0 Å². The van der Waals surface area contributed by atoms with Gasteiger partial charge in [0.15, 0.2) is 6.10 Å². The van der Waals surface area contributed by atoms with Crippen molar-refractivity contribution in [2.45, 2.75) is 25.5 Å². The van der Waals surface area contributed by atoms with Gasteiger partial charge in [0, 0.05) is 6.92 Å². The predicted molar refractivity (Wildman–Crippen MR) is 65.8 cm³/mol. The number of hydrogen-bond donors (Lipinski definition) is 2. The highest BCUT2D eigenvalue weighted by Gasteiger charge is 2.27. The van der Waals surface area contributed by atoms with E-state index in [0.29, 0.717) is 6.42 Å². The van der Waals surface area contributed by atoms with Gasteiger partial charge < -0.3 is 15.2 Å². The van der Waals surface area contributed by atoms with Crippen molar-refractivity contribution < 1.29 is 19.4 Å². The topological polar surface area (TPSA) is 75.6 Å². The fraction of sp³-hybridized carbons (Fsp3) is 0.385. The zero-order chi connectivity index (χ0) is 13.5. The number of rotatable bonds is 5. The van der Waals surface area contributed by atoms with Crippen LogP contribution >= 0.6 is 0 Å². The van der Waals surface area contributed by atoms with Crippen LogP contribution in [0.4, 0.5) is 0 Å². The molecule has 1 aromatic carbocycles. The fourth-order valence-electron chi connectivity index (χ4n) is 1.66. The fourth-order valence-corrected chi connectivity index (χ4v) is 1.66. The molecule has 0 saturated carbocycles. The minimum absolute atomic E-state index is 0.307. The number of methoxy groups -OCH3 is 1. The summed E-state index contributed by atoms with van der Waals surface area (Å²) in [6.07, 6.45) is -1.02. The minimum atomic E-state index is -1.38. The molecule has 0 aliphatic rings. The molecule has 1 aromatic rings. The molecule has 2 N–H and O–H groups in total. The van der Waals surface area contributed by atoms with Gasteiger partial charge in [0.25, 0.3) is 0 Å². The first-order valence-corrected chi connectivity index (χ1v) is 5.61. The van der Waals surface area contributed by atoms with Gasteiger partial charge in [-0.2, -0.15) is 0 Å². The molecule has 0 aromatic heterocycles. The highest BCUT2D eigenvalue weighted by atomic mass is 16.5. The smallest absolute Gasteiger partial charge is 0.336 e. The van der Waals surface area contributed by atoms with E-state index in [9.17, 15) is 14.7 Å². The Balaban J connectivity index is 2.78. The summed E-state index contributed by atoms with van der Waals surface area (Å²) >= 11 is 0. The Morgan fingerprint density at radius 2 is 1.94 bits per heavy atom. The van der Waals surface area contributed by atoms with E-state index in [-0.39, 0.29) is 5.91 Å². The van der Waals surface area contributed by atoms with Crippen molar-refractivity contribution in [1.29, 1.82) is 0 Å². The summed E-state index contributed by atoms with van der Waals surface area (Å²) in [7, 11) is 1.19. The summed E-state index contributed by atoms with van der Waals surface area (Å²) in [5.41, 5.74) is 0.916. The molecule has 18 heavy (non-hydrogen) atoms. The van der Waals surface area contributed by atoms with E-state index in [1.807, 2.05) is 30.3 Å². The molecule has 5 heteroatoms. The third-order valence-electron chi connectivity index (χ3n) is 2.51. The minimum Gasteiger partial charge on any atom is -0.467 e. The Morgan fingerprint density at radius 1 is 1.33 bits per heavy atom. The molecule has 0 spiro atoms. The monoisotopic (exact) mass is 251 g/mol. The van der Waals surface area contributed by atoms with Crippen LogP contribution in [-0.4, -0.2) is 36.2 Å². The number of benzene rings is 1. The second kappa shape index (κ2) is 6.76. The van der Waals surface area contributed by atoms with E-state index in [1.54, 1.807) is 0 Å². The first-order chi connectivity index (χ1) is 8.54. The normalized spacial score (nSPS) is 13.5. The molecule has 1 rings (SSSR count). The van der Waals surface area contributed by atoms with Crippen molar-refractivity contribution in [1.82, 2.24) is 5.32 Å². The van der Waals surface area contributed by atoms with Gasteiger partial charge in [-0.15, -0.1) is 0 Å². The lowest BCUT2D eigenvalue weighted by molar-refractivity contribution is -0.152. The van der Waals surface area contributed by atoms with E-state index in [0.717, 1.165) is 5.56 Å². The molecule has 0 fully saturated rings. The number of aliphatic hydroxyl groups is 1. The standard InChI is InChI=1S/C13H17NO4/c1-9(15)14-11(12(16)13(17)18-2)8-10-6-4-3-5-7-10/h3-7,11-12,16H,8H2,1-2H3,(H,14,15). The van der Waals surface area contributed by atoms with Gasteiger partial charge in [0.05, 0.1) is 13.2 Å². The molecule has 5 nitrogen and oxygen atoms in total. The maximum Gasteiger partial charge on any atom is 0.336 e. The van der Waals surface area contributed by atoms with Crippen LogP contribution in [0.3, 0.4) is 0 Å². The molecule has 0 heterocycles. The van der Waals surface area contributed by atoms with E-state index in [2.05, 4.69) is 10.1 Å². The lowest BCUT2D eigenvalue weighted by Gasteiger charge is -2.21. The average molecular weight is 251 g/mol. The highest BCUT2D eigenvalue weighted by Crippen LogP contribution is 2.07. The van der Waals surface area contributed by atoms with Crippen LogP contribution < -0.4 is 5.32 Å². The Kier molecular flexibility index (Phi) is 5.32. The third-order valence-corrected chi connectivity index (χ3v) is 2.51. The van der Waals surface area contributed by atoms with Gasteiger partial charge in [-0.3, -0.25) is 4.79 Å². The molecule has 0 saturated heterocycles. The van der Waals surface area contributed by atoms with Crippen molar-refractivity contribution in [3.8, 4) is 0 Å². The Morgan fingerprint density at radius 3 is 2.44 bits per heavy atom. The van der Waals surface area contributed by atoms with E-state index in [1.165, 1.54) is 14.0 Å². The van der Waals surface area contributed by atoms with Gasteiger partial charge in [-0.25, -0.2) is 4.79 Å². The summed E-state index contributed by atoms with van der Waals surface area (Å²) in [5.74, 6) is -1.07. The summed E-state index contributed by atoms with van der Waals surface area (Å²) in [4.78, 5) is 22.4. The number of hydrogen-bond acceptors (Lipinski definition) is 4. The van der Waals surface area contributed by atoms with Gasteiger partial charge in [-0.1, -0.05) is 30.3 Å². The molecule has 0 radical (unpaired) electrons. The van der Waals surface area contributed by atoms with E-state index in [4.69, 9.17) is 0 Å². The zero-order valence-electron chi connectivity index (χ0n) is 10.4. The Labute approximate surface area is 106 Å². The van der Waals surface area contributed by atoms with Crippen LogP contribution in [0.1, 0.15) is 12.5 Å². The first kappa shape index (κ1) is 14.2. The van der Waals surface area contributed by atoms with Gasteiger partial charge >= 0.3 is 5.97 Å². The molecule has 0 aliphatic heterocycles. The number of amides is 1. The highest BCUT2D eigenvalue weighted by molar-refractivity contribution is 5.78. The summed E-state index contributed by atoms with van der Waals surface area (Å²) in [5, 5.41) is 12.4. The Bertz CT molecular complexity index is 405. The van der Waals surface area contributed by atoms with Crippen LogP contribution in [0.15, 0.2) is 30.3 Å². The van der Waals surface area contributed by atoms with Crippen molar-refractivity contribution >= 4 is 11.9 Å². The number of esters is 1. The average Bonchev–Trinajstić information content (AvgIpc) is 2.37. The number of aliphatic hydroxyl groups excluding tert-OH is 1. The van der Waals surface area contributed by atoms with E-state index < -0.39 is 18.1 Å². The second-order valence-corrected chi connectivity index (χ2v) is 3.96. The molecule has 2 unspecified atom stereocenters. The predicted octanol–water partition coefficient (Wildman–Crippen LogP) is 0.268. The van der Waals surface area contributed by atoms with Crippen LogP contribution in [0, 0.1) is 0 Å². The summed E-state index contributed by atoms with van der Waals surface area (Å²) in [6.45, 7) is 1.34. The quantitative estimate of drug-likeness (QED) is 0.736. The number of nitrogens with one attached hydrogen (secondary N) is 1. The van der Waals surface area contributed by atoms with Crippen LogP contribution in [0.5, 0.6) is 0 Å². The lowest BCUT2D eigenvalue weighted by atomic mass is 10.0. The molecule has 98 valence electrons.